The van der Waals surface area contributed by atoms with Gasteiger partial charge in [-0.1, -0.05) is 66.7 Å². The molecule has 0 radical (unpaired) electrons. The van der Waals surface area contributed by atoms with Crippen LogP contribution in [-0.4, -0.2) is 21.6 Å². The van der Waals surface area contributed by atoms with Gasteiger partial charge in [0.05, 0.1) is 17.8 Å². The summed E-state index contributed by atoms with van der Waals surface area (Å²) in [4.78, 5) is 23.9. The second-order valence-electron chi connectivity index (χ2n) is 7.20. The highest BCUT2D eigenvalue weighted by Crippen LogP contribution is 2.25. The van der Waals surface area contributed by atoms with E-state index in [9.17, 15) is 9.59 Å². The molecule has 0 saturated carbocycles. The number of hydrogen-bond donors (Lipinski definition) is 2. The number of nitrogens with one attached hydrogen (secondary N) is 1. The minimum Gasteiger partial charge on any atom is -0.369 e. The van der Waals surface area contributed by atoms with E-state index in [1.54, 1.807) is 35.0 Å². The summed E-state index contributed by atoms with van der Waals surface area (Å²) in [6.07, 6.45) is 5.14. The molecule has 4 aromatic rings. The molecular formula is C26H22N4O2. The molecule has 0 atom stereocenters. The first-order valence-electron chi connectivity index (χ1n) is 10.2. The van der Waals surface area contributed by atoms with Crippen LogP contribution in [0, 0.1) is 0 Å². The van der Waals surface area contributed by atoms with Gasteiger partial charge in [-0.25, -0.2) is 4.68 Å². The summed E-state index contributed by atoms with van der Waals surface area (Å²) in [5.41, 5.74) is 9.99. The Morgan fingerprint density at radius 1 is 0.906 bits per heavy atom. The number of anilines is 1. The van der Waals surface area contributed by atoms with E-state index in [2.05, 4.69) is 5.32 Å². The third-order valence-electron chi connectivity index (χ3n) is 4.86. The second-order valence-corrected chi connectivity index (χ2v) is 7.20. The highest BCUT2D eigenvalue weighted by Gasteiger charge is 2.11. The van der Waals surface area contributed by atoms with Crippen LogP contribution in [0.1, 0.15) is 11.1 Å². The fraction of sp³-hybridized carbons (Fsp3) is 0.0385. The molecule has 6 nitrogen and oxygen atoms in total. The Labute approximate surface area is 186 Å². The fourth-order valence-electron chi connectivity index (χ4n) is 3.37. The molecule has 0 unspecified atom stereocenters. The molecule has 158 valence electrons. The van der Waals surface area contributed by atoms with E-state index >= 15 is 0 Å². The summed E-state index contributed by atoms with van der Waals surface area (Å²) in [6.45, 7) is 0. The van der Waals surface area contributed by atoms with Gasteiger partial charge < -0.3 is 11.1 Å². The molecule has 0 fully saturated rings. The van der Waals surface area contributed by atoms with E-state index in [-0.39, 0.29) is 12.3 Å². The topological polar surface area (TPSA) is 90.0 Å². The lowest BCUT2D eigenvalue weighted by Crippen LogP contribution is -2.16. The van der Waals surface area contributed by atoms with Crippen LogP contribution in [0.25, 0.3) is 23.0 Å². The molecule has 0 bridgehead atoms. The van der Waals surface area contributed by atoms with E-state index in [1.807, 2.05) is 66.9 Å². The van der Waals surface area contributed by atoms with Crippen molar-refractivity contribution in [2.24, 2.45) is 5.73 Å². The molecule has 0 aliphatic heterocycles. The maximum Gasteiger partial charge on any atom is 0.248 e. The van der Waals surface area contributed by atoms with Crippen LogP contribution < -0.4 is 11.1 Å². The number of primary amides is 1. The lowest BCUT2D eigenvalue weighted by atomic mass is 10.1. The summed E-state index contributed by atoms with van der Waals surface area (Å²) < 4.78 is 1.79. The van der Waals surface area contributed by atoms with Gasteiger partial charge in [-0.2, -0.15) is 5.10 Å². The molecule has 0 aliphatic rings. The molecule has 6 heteroatoms. The molecule has 0 aliphatic carbocycles. The number of para-hydroxylation sites is 2. The van der Waals surface area contributed by atoms with Gasteiger partial charge in [-0.3, -0.25) is 9.59 Å². The lowest BCUT2D eigenvalue weighted by molar-refractivity contribution is -0.117. The first-order chi connectivity index (χ1) is 15.6. The van der Waals surface area contributed by atoms with Crippen molar-refractivity contribution in [3.8, 4) is 16.9 Å². The number of carbonyl (C=O) groups is 2. The van der Waals surface area contributed by atoms with Gasteiger partial charge in [0.15, 0.2) is 0 Å². The number of rotatable bonds is 7. The largest absolute Gasteiger partial charge is 0.369 e. The molecule has 1 aromatic heterocycles. The molecule has 0 saturated heterocycles. The Bertz CT molecular complexity index is 1260. The monoisotopic (exact) mass is 422 g/mol. The smallest absolute Gasteiger partial charge is 0.248 e. The van der Waals surface area contributed by atoms with Crippen LogP contribution in [0.15, 0.2) is 97.2 Å². The van der Waals surface area contributed by atoms with Crippen molar-refractivity contribution in [2.75, 3.05) is 5.32 Å². The van der Waals surface area contributed by atoms with Crippen molar-refractivity contribution in [1.82, 2.24) is 9.78 Å². The average Bonchev–Trinajstić information content (AvgIpc) is 3.24. The summed E-state index contributed by atoms with van der Waals surface area (Å²) in [6, 6.07) is 26.7. The number of benzene rings is 3. The van der Waals surface area contributed by atoms with Crippen molar-refractivity contribution in [2.45, 2.75) is 6.42 Å². The van der Waals surface area contributed by atoms with Crippen LogP contribution in [0.5, 0.6) is 0 Å². The van der Waals surface area contributed by atoms with Gasteiger partial charge in [0, 0.05) is 29.1 Å². The van der Waals surface area contributed by atoms with E-state index < -0.39 is 5.91 Å². The second kappa shape index (κ2) is 9.57. The summed E-state index contributed by atoms with van der Waals surface area (Å²) >= 11 is 0. The van der Waals surface area contributed by atoms with Crippen LogP contribution in [0.2, 0.25) is 0 Å². The third kappa shape index (κ3) is 4.99. The Balaban J connectivity index is 1.61. The van der Waals surface area contributed by atoms with Crippen molar-refractivity contribution >= 4 is 23.6 Å². The zero-order valence-corrected chi connectivity index (χ0v) is 17.3. The number of nitrogens with two attached hydrogens (primary N) is 1. The van der Waals surface area contributed by atoms with Crippen molar-refractivity contribution in [3.63, 3.8) is 0 Å². The van der Waals surface area contributed by atoms with Gasteiger partial charge in [0.2, 0.25) is 11.8 Å². The highest BCUT2D eigenvalue weighted by atomic mass is 16.1. The zero-order chi connectivity index (χ0) is 22.3. The standard InChI is InChI=1S/C26H22N4O2/c27-24(31)17-20-11-7-8-14-23(20)28-25(32)16-15-21-18-30(22-12-5-2-6-13-22)29-26(21)19-9-3-1-4-10-19/h1-16,18H,17H2,(H2,27,31)(H,28,32)/b16-15+. The molecular weight excluding hydrogens is 400 g/mol. The van der Waals surface area contributed by atoms with E-state index in [4.69, 9.17) is 10.8 Å². The van der Waals surface area contributed by atoms with Crippen molar-refractivity contribution in [3.05, 3.63) is 108 Å². The molecule has 3 aromatic carbocycles. The average molecular weight is 422 g/mol. The molecule has 2 amide bonds. The lowest BCUT2D eigenvalue weighted by Gasteiger charge is -2.08. The van der Waals surface area contributed by atoms with Crippen LogP contribution in [0.4, 0.5) is 5.69 Å². The Kier molecular flexibility index (Phi) is 6.22. The SMILES string of the molecule is NC(=O)Cc1ccccc1NC(=O)/C=C/c1cn(-c2ccccc2)nc1-c1ccccc1. The van der Waals surface area contributed by atoms with Crippen LogP contribution in [-0.2, 0) is 16.0 Å². The number of amides is 2. The van der Waals surface area contributed by atoms with Crippen LogP contribution >= 0.6 is 0 Å². The van der Waals surface area contributed by atoms with Gasteiger partial charge in [0.25, 0.3) is 0 Å². The predicted molar refractivity (Wildman–Crippen MR) is 126 cm³/mol. The van der Waals surface area contributed by atoms with Crippen molar-refractivity contribution < 1.29 is 9.59 Å². The normalized spacial score (nSPS) is 10.9. The van der Waals surface area contributed by atoms with Gasteiger partial charge in [-0.15, -0.1) is 0 Å². The number of nitrogens with zero attached hydrogens (tertiary/aromatic N) is 2. The van der Waals surface area contributed by atoms with Crippen molar-refractivity contribution in [1.29, 1.82) is 0 Å². The quantitative estimate of drug-likeness (QED) is 0.437. The van der Waals surface area contributed by atoms with Gasteiger partial charge >= 0.3 is 0 Å². The number of carbonyl (C=O) groups excluding carboxylic acids is 2. The zero-order valence-electron chi connectivity index (χ0n) is 17.3. The van der Waals surface area contributed by atoms with E-state index in [0.717, 1.165) is 22.5 Å². The highest BCUT2D eigenvalue weighted by molar-refractivity contribution is 6.03. The Morgan fingerprint density at radius 2 is 1.56 bits per heavy atom. The summed E-state index contributed by atoms with van der Waals surface area (Å²) in [7, 11) is 0. The van der Waals surface area contributed by atoms with Gasteiger partial charge in [0.1, 0.15) is 0 Å². The maximum atomic E-state index is 12.6. The summed E-state index contributed by atoms with van der Waals surface area (Å²) in [5.74, 6) is -0.767. The molecule has 4 rings (SSSR count). The summed E-state index contributed by atoms with van der Waals surface area (Å²) in [5, 5.41) is 7.56. The fourth-order valence-corrected chi connectivity index (χ4v) is 3.37. The maximum absolute atomic E-state index is 12.6. The molecule has 0 spiro atoms. The number of hydrogen-bond acceptors (Lipinski definition) is 3. The van der Waals surface area contributed by atoms with Gasteiger partial charge in [-0.05, 0) is 29.8 Å². The first-order valence-corrected chi connectivity index (χ1v) is 10.2. The first kappa shape index (κ1) is 20.8. The molecule has 1 heterocycles. The van der Waals surface area contributed by atoms with E-state index in [1.165, 1.54) is 6.08 Å². The third-order valence-corrected chi connectivity index (χ3v) is 4.86. The molecule has 3 N–H and O–H groups in total. The minimum atomic E-state index is -0.455. The number of aromatic nitrogens is 2. The minimum absolute atomic E-state index is 0.0577. The molecule has 32 heavy (non-hydrogen) atoms. The van der Waals surface area contributed by atoms with Crippen LogP contribution in [0.3, 0.4) is 0 Å². The Morgan fingerprint density at radius 3 is 2.28 bits per heavy atom. The Hall–Kier alpha value is -4.45. The predicted octanol–water partition coefficient (Wildman–Crippen LogP) is 4.22. The van der Waals surface area contributed by atoms with E-state index in [0.29, 0.717) is 11.3 Å².